The summed E-state index contributed by atoms with van der Waals surface area (Å²) in [7, 11) is 0. The van der Waals surface area contributed by atoms with Crippen LogP contribution in [0.4, 0.5) is 13.2 Å². The summed E-state index contributed by atoms with van der Waals surface area (Å²) in [4.78, 5) is 8.61. The molecule has 0 N–H and O–H groups in total. The molecule has 0 atom stereocenters. The highest BCUT2D eigenvalue weighted by atomic mass is 19.1. The standard InChI is InChI=1S/C28H22F3N3O/c1-2-11-35-22-16-33-27(34-17-22)10-5-18-4-9-23-21(12-18)8-7-20(28(23)31)6-3-19-13-25(29)24(15-32)26(30)14-19/h2,4,7-9,12-14,16-17H,1,3,5-6,10-11H2. The van der Waals surface area contributed by atoms with Crippen molar-refractivity contribution in [3.05, 3.63) is 113 Å². The molecule has 0 spiro atoms. The van der Waals surface area contributed by atoms with Gasteiger partial charge in [0.1, 0.15) is 41.5 Å². The van der Waals surface area contributed by atoms with Crippen molar-refractivity contribution in [3.8, 4) is 11.8 Å². The van der Waals surface area contributed by atoms with Crippen molar-refractivity contribution >= 4 is 10.8 Å². The lowest BCUT2D eigenvalue weighted by Crippen LogP contribution is -2.01. The van der Waals surface area contributed by atoms with Gasteiger partial charge in [0.15, 0.2) is 5.75 Å². The van der Waals surface area contributed by atoms with Gasteiger partial charge in [-0.3, -0.25) is 0 Å². The van der Waals surface area contributed by atoms with Gasteiger partial charge in [-0.15, -0.1) is 0 Å². The molecule has 0 fully saturated rings. The molecule has 0 aliphatic heterocycles. The molecular weight excluding hydrogens is 451 g/mol. The predicted molar refractivity (Wildman–Crippen MR) is 128 cm³/mol. The van der Waals surface area contributed by atoms with E-state index >= 15 is 4.39 Å². The largest absolute Gasteiger partial charge is 0.486 e. The maximum atomic E-state index is 15.1. The summed E-state index contributed by atoms with van der Waals surface area (Å²) >= 11 is 0. The van der Waals surface area contributed by atoms with Gasteiger partial charge in [-0.25, -0.2) is 23.1 Å². The lowest BCUT2D eigenvalue weighted by atomic mass is 9.97. The summed E-state index contributed by atoms with van der Waals surface area (Å²) in [6.45, 7) is 3.99. The number of aryl methyl sites for hydroxylation is 4. The van der Waals surface area contributed by atoms with Crippen LogP contribution in [0.15, 0.2) is 67.5 Å². The van der Waals surface area contributed by atoms with Crippen LogP contribution in [0.1, 0.15) is 28.1 Å². The lowest BCUT2D eigenvalue weighted by Gasteiger charge is -2.09. The topological polar surface area (TPSA) is 58.8 Å². The Morgan fingerprint density at radius 3 is 2.29 bits per heavy atom. The van der Waals surface area contributed by atoms with Gasteiger partial charge in [0, 0.05) is 11.8 Å². The van der Waals surface area contributed by atoms with E-state index in [2.05, 4.69) is 16.5 Å². The monoisotopic (exact) mass is 473 g/mol. The van der Waals surface area contributed by atoms with Crippen LogP contribution < -0.4 is 4.74 Å². The van der Waals surface area contributed by atoms with E-state index in [1.54, 1.807) is 30.6 Å². The SMILES string of the molecule is C=CCOc1cnc(CCc2ccc3c(F)c(CCc4cc(F)c(C#N)c(F)c4)ccc3c2)nc1. The molecule has 1 aromatic heterocycles. The van der Waals surface area contributed by atoms with Gasteiger partial charge < -0.3 is 4.74 Å². The Bertz CT molecular complexity index is 1390. The molecule has 176 valence electrons. The minimum atomic E-state index is -0.906. The second kappa shape index (κ2) is 10.8. The van der Waals surface area contributed by atoms with Crippen LogP contribution in [-0.4, -0.2) is 16.6 Å². The van der Waals surface area contributed by atoms with Crippen LogP contribution in [0.2, 0.25) is 0 Å². The van der Waals surface area contributed by atoms with Gasteiger partial charge in [-0.2, -0.15) is 5.26 Å². The van der Waals surface area contributed by atoms with Crippen LogP contribution in [0.3, 0.4) is 0 Å². The fourth-order valence-electron chi connectivity index (χ4n) is 3.85. The number of nitrogens with zero attached hydrogens (tertiary/aromatic N) is 3. The van der Waals surface area contributed by atoms with E-state index in [0.717, 1.165) is 23.1 Å². The van der Waals surface area contributed by atoms with Gasteiger partial charge in [-0.1, -0.05) is 43.0 Å². The van der Waals surface area contributed by atoms with E-state index in [9.17, 15) is 8.78 Å². The highest BCUT2D eigenvalue weighted by molar-refractivity contribution is 5.84. The summed E-state index contributed by atoms with van der Waals surface area (Å²) in [6, 6.07) is 12.9. The van der Waals surface area contributed by atoms with Crippen molar-refractivity contribution < 1.29 is 17.9 Å². The summed E-state index contributed by atoms with van der Waals surface area (Å²) in [5.41, 5.74) is 1.25. The number of rotatable bonds is 9. The smallest absolute Gasteiger partial charge is 0.156 e. The van der Waals surface area contributed by atoms with E-state index < -0.39 is 17.2 Å². The molecule has 4 nitrogen and oxygen atoms in total. The third-order valence-corrected chi connectivity index (χ3v) is 5.68. The first-order valence-electron chi connectivity index (χ1n) is 11.1. The van der Waals surface area contributed by atoms with Crippen molar-refractivity contribution in [2.24, 2.45) is 0 Å². The van der Waals surface area contributed by atoms with Crippen LogP contribution >= 0.6 is 0 Å². The number of halogens is 3. The first-order valence-corrected chi connectivity index (χ1v) is 11.1. The Labute approximate surface area is 201 Å². The molecule has 35 heavy (non-hydrogen) atoms. The number of nitriles is 1. The second-order valence-electron chi connectivity index (χ2n) is 8.08. The lowest BCUT2D eigenvalue weighted by molar-refractivity contribution is 0.359. The van der Waals surface area contributed by atoms with E-state index in [4.69, 9.17) is 10.00 Å². The maximum Gasteiger partial charge on any atom is 0.156 e. The molecule has 0 saturated carbocycles. The van der Waals surface area contributed by atoms with E-state index in [-0.39, 0.29) is 18.7 Å². The molecule has 4 rings (SSSR count). The minimum absolute atomic E-state index is 0.247. The molecule has 0 unspecified atom stereocenters. The van der Waals surface area contributed by atoms with Crippen molar-refractivity contribution in [2.45, 2.75) is 25.7 Å². The molecule has 0 amide bonds. The normalized spacial score (nSPS) is 10.8. The maximum absolute atomic E-state index is 15.1. The van der Waals surface area contributed by atoms with Crippen molar-refractivity contribution in [1.82, 2.24) is 9.97 Å². The second-order valence-corrected chi connectivity index (χ2v) is 8.08. The van der Waals surface area contributed by atoms with Gasteiger partial charge in [-0.05, 0) is 53.5 Å². The molecule has 0 aliphatic carbocycles. The third-order valence-electron chi connectivity index (χ3n) is 5.68. The third kappa shape index (κ3) is 5.67. The summed E-state index contributed by atoms with van der Waals surface area (Å²) in [5.74, 6) is -0.886. The molecule has 0 radical (unpaired) electrons. The van der Waals surface area contributed by atoms with E-state index in [0.29, 0.717) is 47.5 Å². The fourth-order valence-corrected chi connectivity index (χ4v) is 3.85. The van der Waals surface area contributed by atoms with Crippen molar-refractivity contribution in [1.29, 1.82) is 5.26 Å². The zero-order valence-electron chi connectivity index (χ0n) is 18.9. The molecule has 0 aliphatic rings. The molecule has 3 aromatic carbocycles. The predicted octanol–water partition coefficient (Wildman–Crippen LogP) is 6.05. The number of hydrogen-bond acceptors (Lipinski definition) is 4. The number of ether oxygens (including phenoxy) is 1. The minimum Gasteiger partial charge on any atom is -0.486 e. The summed E-state index contributed by atoms with van der Waals surface area (Å²) in [5, 5.41) is 10.0. The number of benzene rings is 3. The molecule has 1 heterocycles. The van der Waals surface area contributed by atoms with Gasteiger partial charge >= 0.3 is 0 Å². The molecule has 0 saturated heterocycles. The quantitative estimate of drug-likeness (QED) is 0.278. The van der Waals surface area contributed by atoms with Gasteiger partial charge in [0.05, 0.1) is 12.4 Å². The van der Waals surface area contributed by atoms with Gasteiger partial charge in [0.25, 0.3) is 0 Å². The number of fused-ring (bicyclic) bond motifs is 1. The van der Waals surface area contributed by atoms with Crippen LogP contribution in [0.5, 0.6) is 5.75 Å². The van der Waals surface area contributed by atoms with Crippen LogP contribution in [0, 0.1) is 28.8 Å². The molecule has 7 heteroatoms. The zero-order valence-corrected chi connectivity index (χ0v) is 18.9. The molecular formula is C28H22F3N3O. The summed E-state index contributed by atoms with van der Waals surface area (Å²) < 4.78 is 48.2. The Balaban J connectivity index is 1.43. The molecule has 0 bridgehead atoms. The highest BCUT2D eigenvalue weighted by Crippen LogP contribution is 2.25. The Hall–Kier alpha value is -4.18. The Morgan fingerprint density at radius 1 is 0.886 bits per heavy atom. The van der Waals surface area contributed by atoms with Crippen molar-refractivity contribution in [2.75, 3.05) is 6.61 Å². The Kier molecular flexibility index (Phi) is 7.41. The van der Waals surface area contributed by atoms with Crippen molar-refractivity contribution in [3.63, 3.8) is 0 Å². The number of hydrogen-bond donors (Lipinski definition) is 0. The van der Waals surface area contributed by atoms with Crippen LogP contribution in [-0.2, 0) is 25.7 Å². The average Bonchev–Trinajstić information content (AvgIpc) is 2.86. The Morgan fingerprint density at radius 2 is 1.60 bits per heavy atom. The first-order chi connectivity index (χ1) is 17.0. The van der Waals surface area contributed by atoms with Gasteiger partial charge in [0.2, 0.25) is 0 Å². The van der Waals surface area contributed by atoms with E-state index in [1.807, 2.05) is 18.2 Å². The average molecular weight is 473 g/mol. The number of aromatic nitrogens is 2. The van der Waals surface area contributed by atoms with E-state index in [1.165, 1.54) is 6.07 Å². The fraction of sp³-hybridized carbons (Fsp3) is 0.179. The molecule has 4 aromatic rings. The highest BCUT2D eigenvalue weighted by Gasteiger charge is 2.13. The van der Waals surface area contributed by atoms with Crippen LogP contribution in [0.25, 0.3) is 10.8 Å². The first kappa shape index (κ1) is 24.0. The zero-order chi connectivity index (χ0) is 24.8. The summed E-state index contributed by atoms with van der Waals surface area (Å²) in [6.07, 6.45) is 6.76.